The summed E-state index contributed by atoms with van der Waals surface area (Å²) in [5.74, 6) is -0.211. The van der Waals surface area contributed by atoms with Gasteiger partial charge in [0.05, 0.1) is 22.4 Å². The van der Waals surface area contributed by atoms with E-state index < -0.39 is 0 Å². The maximum Gasteiger partial charge on any atom is 0.272 e. The van der Waals surface area contributed by atoms with Crippen LogP contribution in [0.5, 0.6) is 0 Å². The minimum atomic E-state index is -0.211. The van der Waals surface area contributed by atoms with E-state index in [2.05, 4.69) is 11.4 Å². The zero-order valence-electron chi connectivity index (χ0n) is 20.3. The average Bonchev–Trinajstić information content (AvgIpc) is 3.16. The normalized spacial score (nSPS) is 15.2. The number of allylic oxidation sites excluding steroid dienone is 1. The summed E-state index contributed by atoms with van der Waals surface area (Å²) in [5, 5.41) is 9.73. The van der Waals surface area contributed by atoms with Crippen molar-refractivity contribution < 1.29 is 4.79 Å². The second-order valence-corrected chi connectivity index (χ2v) is 10.5. The molecule has 0 saturated heterocycles. The molecule has 1 aromatic heterocycles. The van der Waals surface area contributed by atoms with Crippen molar-refractivity contribution in [3.05, 3.63) is 116 Å². The molecule has 4 nitrogen and oxygen atoms in total. The van der Waals surface area contributed by atoms with Crippen LogP contribution in [0.1, 0.15) is 65.1 Å². The van der Waals surface area contributed by atoms with Crippen molar-refractivity contribution in [3.8, 4) is 5.69 Å². The Labute approximate surface area is 231 Å². The number of amides is 1. The molecule has 1 heterocycles. The van der Waals surface area contributed by atoms with E-state index in [1.54, 1.807) is 22.9 Å². The van der Waals surface area contributed by atoms with Crippen LogP contribution in [0.15, 0.2) is 72.8 Å². The maximum absolute atomic E-state index is 13.6. The topological polar surface area (TPSA) is 46.9 Å². The SMILES string of the molecule is C[C@@H](NC(=O)c1nn(-c2cc(Cl)ccc2Cl)c2c1CCCC/C2=C\c1ccc(Cl)cc1)c1ccccc1. The van der Waals surface area contributed by atoms with Gasteiger partial charge in [-0.3, -0.25) is 4.79 Å². The molecule has 37 heavy (non-hydrogen) atoms. The summed E-state index contributed by atoms with van der Waals surface area (Å²) in [6.45, 7) is 1.97. The molecule has 0 bridgehead atoms. The molecule has 0 radical (unpaired) electrons. The van der Waals surface area contributed by atoms with Gasteiger partial charge in [-0.1, -0.05) is 77.3 Å². The van der Waals surface area contributed by atoms with Gasteiger partial charge in [0.25, 0.3) is 5.91 Å². The summed E-state index contributed by atoms with van der Waals surface area (Å²) in [6, 6.07) is 22.7. The molecule has 0 saturated carbocycles. The third kappa shape index (κ3) is 5.62. The van der Waals surface area contributed by atoms with E-state index in [9.17, 15) is 4.79 Å². The fourth-order valence-corrected chi connectivity index (χ4v) is 5.24. The quantitative estimate of drug-likeness (QED) is 0.253. The number of carbonyl (C=O) groups is 1. The number of benzene rings is 3. The molecule has 1 atom stereocenters. The molecule has 5 rings (SSSR count). The molecule has 0 spiro atoms. The summed E-state index contributed by atoms with van der Waals surface area (Å²) in [6.07, 6.45) is 5.69. The van der Waals surface area contributed by atoms with Gasteiger partial charge in [0.15, 0.2) is 5.69 Å². The summed E-state index contributed by atoms with van der Waals surface area (Å²) >= 11 is 19.1. The predicted molar refractivity (Wildman–Crippen MR) is 153 cm³/mol. The van der Waals surface area contributed by atoms with Gasteiger partial charge in [-0.05, 0) is 85.7 Å². The number of fused-ring (bicyclic) bond motifs is 1. The molecule has 1 N–H and O–H groups in total. The van der Waals surface area contributed by atoms with Gasteiger partial charge >= 0.3 is 0 Å². The molecule has 0 unspecified atom stereocenters. The molecule has 4 aromatic rings. The third-order valence-electron chi connectivity index (χ3n) is 6.62. The Kier molecular flexibility index (Phi) is 7.71. The second-order valence-electron chi connectivity index (χ2n) is 9.22. The van der Waals surface area contributed by atoms with E-state index in [1.807, 2.05) is 61.5 Å². The molecule has 3 aromatic carbocycles. The second kappa shape index (κ2) is 11.1. The Morgan fingerprint density at radius 3 is 2.41 bits per heavy atom. The number of hydrogen-bond acceptors (Lipinski definition) is 2. The number of rotatable bonds is 5. The van der Waals surface area contributed by atoms with E-state index in [1.165, 1.54) is 0 Å². The minimum absolute atomic E-state index is 0.167. The lowest BCUT2D eigenvalue weighted by atomic mass is 10.0. The Morgan fingerprint density at radius 2 is 1.65 bits per heavy atom. The van der Waals surface area contributed by atoms with Gasteiger partial charge in [0.1, 0.15) is 0 Å². The average molecular weight is 551 g/mol. The molecule has 0 fully saturated rings. The van der Waals surface area contributed by atoms with Crippen LogP contribution < -0.4 is 5.32 Å². The van der Waals surface area contributed by atoms with Crippen LogP contribution in [0.3, 0.4) is 0 Å². The summed E-state index contributed by atoms with van der Waals surface area (Å²) < 4.78 is 1.79. The fraction of sp³-hybridized carbons (Fsp3) is 0.200. The first-order chi connectivity index (χ1) is 17.9. The molecule has 1 amide bonds. The van der Waals surface area contributed by atoms with E-state index >= 15 is 0 Å². The highest BCUT2D eigenvalue weighted by molar-refractivity contribution is 6.34. The predicted octanol–water partition coefficient (Wildman–Crippen LogP) is 8.59. The zero-order chi connectivity index (χ0) is 25.9. The van der Waals surface area contributed by atoms with Gasteiger partial charge in [-0.15, -0.1) is 0 Å². The Morgan fingerprint density at radius 1 is 0.946 bits per heavy atom. The first-order valence-corrected chi connectivity index (χ1v) is 13.4. The molecular weight excluding hydrogens is 525 g/mol. The number of halogens is 3. The van der Waals surface area contributed by atoms with E-state index in [0.29, 0.717) is 26.4 Å². The minimum Gasteiger partial charge on any atom is -0.344 e. The number of nitrogens with zero attached hydrogens (tertiary/aromatic N) is 2. The number of hydrogen-bond donors (Lipinski definition) is 1. The van der Waals surface area contributed by atoms with E-state index in [-0.39, 0.29) is 11.9 Å². The van der Waals surface area contributed by atoms with Crippen molar-refractivity contribution in [2.45, 2.75) is 38.6 Å². The lowest BCUT2D eigenvalue weighted by Gasteiger charge is -2.14. The first kappa shape index (κ1) is 25.6. The van der Waals surface area contributed by atoms with Crippen LogP contribution in [-0.2, 0) is 6.42 Å². The fourth-order valence-electron chi connectivity index (χ4n) is 4.75. The number of carbonyl (C=O) groups excluding carboxylic acids is 1. The Bertz CT molecular complexity index is 1460. The van der Waals surface area contributed by atoms with Crippen LogP contribution in [0.2, 0.25) is 15.1 Å². The van der Waals surface area contributed by atoms with Crippen LogP contribution in [0, 0.1) is 0 Å². The lowest BCUT2D eigenvalue weighted by Crippen LogP contribution is -2.28. The third-order valence-corrected chi connectivity index (χ3v) is 7.43. The van der Waals surface area contributed by atoms with Crippen LogP contribution in [0.4, 0.5) is 0 Å². The van der Waals surface area contributed by atoms with Crippen LogP contribution >= 0.6 is 34.8 Å². The molecule has 0 aliphatic heterocycles. The lowest BCUT2D eigenvalue weighted by molar-refractivity contribution is 0.0933. The van der Waals surface area contributed by atoms with Gasteiger partial charge < -0.3 is 5.32 Å². The Balaban J connectivity index is 1.65. The monoisotopic (exact) mass is 549 g/mol. The zero-order valence-corrected chi connectivity index (χ0v) is 22.6. The maximum atomic E-state index is 13.6. The molecular formula is C30H26Cl3N3O. The van der Waals surface area contributed by atoms with Gasteiger partial charge in [0.2, 0.25) is 0 Å². The van der Waals surface area contributed by atoms with Crippen molar-refractivity contribution >= 4 is 52.4 Å². The smallest absolute Gasteiger partial charge is 0.272 e. The number of aromatic nitrogens is 2. The highest BCUT2D eigenvalue weighted by Gasteiger charge is 2.29. The van der Waals surface area contributed by atoms with Gasteiger partial charge in [0, 0.05) is 15.6 Å². The van der Waals surface area contributed by atoms with Crippen molar-refractivity contribution in [1.29, 1.82) is 0 Å². The summed E-state index contributed by atoms with van der Waals surface area (Å²) in [4.78, 5) is 13.6. The van der Waals surface area contributed by atoms with Gasteiger partial charge in [-0.25, -0.2) is 4.68 Å². The van der Waals surface area contributed by atoms with Crippen molar-refractivity contribution in [2.24, 2.45) is 0 Å². The van der Waals surface area contributed by atoms with Crippen LogP contribution in [0.25, 0.3) is 17.3 Å². The van der Waals surface area contributed by atoms with Gasteiger partial charge in [-0.2, -0.15) is 5.10 Å². The van der Waals surface area contributed by atoms with Crippen molar-refractivity contribution in [3.63, 3.8) is 0 Å². The summed E-state index contributed by atoms with van der Waals surface area (Å²) in [5.41, 5.74) is 6.03. The molecule has 1 aliphatic rings. The molecule has 1 aliphatic carbocycles. The molecule has 188 valence electrons. The van der Waals surface area contributed by atoms with Crippen LogP contribution in [-0.4, -0.2) is 15.7 Å². The molecule has 7 heteroatoms. The first-order valence-electron chi connectivity index (χ1n) is 12.3. The largest absolute Gasteiger partial charge is 0.344 e. The van der Waals surface area contributed by atoms with Crippen molar-refractivity contribution in [1.82, 2.24) is 15.1 Å². The van der Waals surface area contributed by atoms with E-state index in [4.69, 9.17) is 39.9 Å². The van der Waals surface area contributed by atoms with E-state index in [0.717, 1.165) is 53.6 Å². The standard InChI is InChI=1S/C30H26Cl3N3O/c1-19(21-7-3-2-4-8-21)34-30(37)28-25-10-6-5-9-22(17-20-11-13-23(31)14-12-20)29(25)36(35-28)27-18-24(32)15-16-26(27)33/h2-4,7-8,11-19H,5-6,9-10H2,1H3,(H,34,37)/b22-17+/t19-/m1/s1. The highest BCUT2D eigenvalue weighted by atomic mass is 35.5. The highest BCUT2D eigenvalue weighted by Crippen LogP contribution is 2.37. The number of nitrogens with one attached hydrogen (secondary N) is 1. The summed E-state index contributed by atoms with van der Waals surface area (Å²) in [7, 11) is 0. The van der Waals surface area contributed by atoms with Crippen molar-refractivity contribution in [2.75, 3.05) is 0 Å². The Hall–Kier alpha value is -3.05.